The van der Waals surface area contributed by atoms with Gasteiger partial charge in [-0.2, -0.15) is 0 Å². The Kier molecular flexibility index (Phi) is 7.02. The van der Waals surface area contributed by atoms with Crippen LogP contribution in [0.4, 0.5) is 5.69 Å². The normalized spacial score (nSPS) is 10.7. The Balaban J connectivity index is 1.59. The van der Waals surface area contributed by atoms with Gasteiger partial charge in [0.05, 0.1) is 17.1 Å². The largest absolute Gasteiger partial charge is 0.455 e. The van der Waals surface area contributed by atoms with Gasteiger partial charge in [0, 0.05) is 11.9 Å². The molecule has 1 heterocycles. The highest BCUT2D eigenvalue weighted by Crippen LogP contribution is 2.23. The van der Waals surface area contributed by atoms with E-state index in [2.05, 4.69) is 5.32 Å². The number of hydrogen-bond acceptors (Lipinski definition) is 5. The second kappa shape index (κ2) is 9.70. The van der Waals surface area contributed by atoms with E-state index in [1.807, 2.05) is 62.4 Å². The number of amides is 1. The molecule has 0 radical (unpaired) electrons. The van der Waals surface area contributed by atoms with E-state index in [1.165, 1.54) is 16.4 Å². The number of nitrogens with one attached hydrogen (secondary N) is 1. The monoisotopic (exact) mass is 439 g/mol. The Bertz CT molecular complexity index is 1170. The van der Waals surface area contributed by atoms with Crippen molar-refractivity contribution in [3.05, 3.63) is 75.7 Å². The molecule has 162 valence electrons. The van der Waals surface area contributed by atoms with Crippen LogP contribution in [0, 0.1) is 20.8 Å². The summed E-state index contributed by atoms with van der Waals surface area (Å²) in [5.74, 6) is -0.954. The van der Waals surface area contributed by atoms with Gasteiger partial charge in [-0.05, 0) is 44.5 Å². The van der Waals surface area contributed by atoms with Gasteiger partial charge in [0.1, 0.15) is 5.69 Å². The topological polar surface area (TPSA) is 82.3 Å². The summed E-state index contributed by atoms with van der Waals surface area (Å²) in [5.41, 5.74) is 3.34. The van der Waals surface area contributed by atoms with E-state index in [0.717, 1.165) is 16.0 Å². The van der Waals surface area contributed by atoms with Gasteiger partial charge in [0.15, 0.2) is 6.61 Å². The number of hydrogen-bond donors (Lipinski definition) is 1. The second-order valence-electron chi connectivity index (χ2n) is 7.20. The van der Waals surface area contributed by atoms with Crippen molar-refractivity contribution in [3.8, 4) is 5.69 Å². The molecule has 0 atom stereocenters. The van der Waals surface area contributed by atoms with E-state index < -0.39 is 18.5 Å². The van der Waals surface area contributed by atoms with Gasteiger partial charge in [-0.15, -0.1) is 11.8 Å². The number of esters is 1. The second-order valence-corrected chi connectivity index (χ2v) is 8.22. The van der Waals surface area contributed by atoms with Crippen LogP contribution in [0.25, 0.3) is 5.69 Å². The maximum absolute atomic E-state index is 12.8. The lowest BCUT2D eigenvalue weighted by Gasteiger charge is -2.08. The van der Waals surface area contributed by atoms with Gasteiger partial charge in [-0.25, -0.2) is 4.68 Å². The molecule has 0 aliphatic carbocycles. The predicted octanol–water partition coefficient (Wildman–Crippen LogP) is 3.38. The maximum Gasteiger partial charge on any atom is 0.316 e. The SMILES string of the molecule is Cc1ccc(SCC(=O)OCC(=O)Nc2c(C)n(C)n(-c3ccccc3)c2=O)c(C)c1. The van der Waals surface area contributed by atoms with Gasteiger partial charge in [0.25, 0.3) is 11.5 Å². The molecule has 0 spiro atoms. The zero-order chi connectivity index (χ0) is 22.5. The molecule has 8 heteroatoms. The average molecular weight is 440 g/mol. The Hall–Kier alpha value is -3.26. The molecule has 0 saturated heterocycles. The van der Waals surface area contributed by atoms with Crippen molar-refractivity contribution in [1.29, 1.82) is 0 Å². The zero-order valence-corrected chi connectivity index (χ0v) is 18.8. The number of rotatable bonds is 7. The molecule has 0 bridgehead atoms. The summed E-state index contributed by atoms with van der Waals surface area (Å²) in [6.07, 6.45) is 0. The summed E-state index contributed by atoms with van der Waals surface area (Å²) >= 11 is 1.36. The number of thioether (sulfide) groups is 1. The van der Waals surface area contributed by atoms with Crippen molar-refractivity contribution in [1.82, 2.24) is 9.36 Å². The zero-order valence-electron chi connectivity index (χ0n) is 18.0. The molecule has 0 aliphatic rings. The molecule has 3 aromatic rings. The number of aryl methyl sites for hydroxylation is 2. The summed E-state index contributed by atoms with van der Waals surface area (Å²) in [4.78, 5) is 38.1. The molecule has 3 rings (SSSR count). The standard InChI is InChI=1S/C23H25N3O4S/c1-15-10-11-19(16(2)12-15)31-14-21(28)30-13-20(27)24-22-17(3)25(4)26(23(22)29)18-8-6-5-7-9-18/h5-12H,13-14H2,1-4H3,(H,24,27). The van der Waals surface area contributed by atoms with E-state index in [4.69, 9.17) is 4.74 Å². The third kappa shape index (κ3) is 5.27. The van der Waals surface area contributed by atoms with Gasteiger partial charge in [-0.3, -0.25) is 19.1 Å². The lowest BCUT2D eigenvalue weighted by molar-refractivity contribution is -0.144. The minimum absolute atomic E-state index is 0.0996. The Morgan fingerprint density at radius 2 is 1.77 bits per heavy atom. The molecule has 2 aromatic carbocycles. The van der Waals surface area contributed by atoms with E-state index in [0.29, 0.717) is 11.4 Å². The lowest BCUT2D eigenvalue weighted by atomic mass is 10.2. The highest BCUT2D eigenvalue weighted by atomic mass is 32.2. The molecule has 1 amide bonds. The number of carbonyl (C=O) groups excluding carboxylic acids is 2. The van der Waals surface area contributed by atoms with Crippen molar-refractivity contribution >= 4 is 29.3 Å². The fraction of sp³-hybridized carbons (Fsp3) is 0.261. The van der Waals surface area contributed by atoms with Gasteiger partial charge in [-0.1, -0.05) is 35.9 Å². The first-order valence-electron chi connectivity index (χ1n) is 9.77. The molecular weight excluding hydrogens is 414 g/mol. The summed E-state index contributed by atoms with van der Waals surface area (Å²) in [6.45, 7) is 5.28. The van der Waals surface area contributed by atoms with Crippen LogP contribution in [-0.2, 0) is 21.4 Å². The van der Waals surface area contributed by atoms with E-state index in [9.17, 15) is 14.4 Å². The maximum atomic E-state index is 12.8. The minimum Gasteiger partial charge on any atom is -0.455 e. The molecule has 0 saturated carbocycles. The fourth-order valence-corrected chi connectivity index (χ4v) is 3.98. The first kappa shape index (κ1) is 22.4. The minimum atomic E-state index is -0.559. The molecule has 1 aromatic heterocycles. The number of anilines is 1. The van der Waals surface area contributed by atoms with Crippen LogP contribution in [0.15, 0.2) is 58.2 Å². The average Bonchev–Trinajstić information content (AvgIpc) is 2.95. The summed E-state index contributed by atoms with van der Waals surface area (Å²) in [5, 5.41) is 2.58. The van der Waals surface area contributed by atoms with Crippen molar-refractivity contribution in [2.75, 3.05) is 17.7 Å². The molecule has 1 N–H and O–H groups in total. The summed E-state index contributed by atoms with van der Waals surface area (Å²) in [6, 6.07) is 15.1. The van der Waals surface area contributed by atoms with Crippen molar-refractivity contribution in [3.63, 3.8) is 0 Å². The highest BCUT2D eigenvalue weighted by Gasteiger charge is 2.18. The van der Waals surface area contributed by atoms with Gasteiger partial charge in [0.2, 0.25) is 0 Å². The number of nitrogens with zero attached hydrogens (tertiary/aromatic N) is 2. The number of carbonyl (C=O) groups is 2. The Morgan fingerprint density at radius 1 is 1.06 bits per heavy atom. The highest BCUT2D eigenvalue weighted by molar-refractivity contribution is 8.00. The number of benzene rings is 2. The van der Waals surface area contributed by atoms with Gasteiger partial charge < -0.3 is 10.1 Å². The van der Waals surface area contributed by atoms with Crippen LogP contribution in [0.1, 0.15) is 16.8 Å². The molecule has 31 heavy (non-hydrogen) atoms. The van der Waals surface area contributed by atoms with Crippen LogP contribution in [0.2, 0.25) is 0 Å². The molecule has 0 fully saturated rings. The lowest BCUT2D eigenvalue weighted by Crippen LogP contribution is -2.26. The van der Waals surface area contributed by atoms with Crippen molar-refractivity contribution in [2.24, 2.45) is 7.05 Å². The quantitative estimate of drug-likeness (QED) is 0.451. The smallest absolute Gasteiger partial charge is 0.316 e. The van der Waals surface area contributed by atoms with Gasteiger partial charge >= 0.3 is 5.97 Å². The van der Waals surface area contributed by atoms with E-state index >= 15 is 0 Å². The van der Waals surface area contributed by atoms with E-state index in [-0.39, 0.29) is 17.0 Å². The molecule has 0 unspecified atom stereocenters. The Labute approximate surface area is 185 Å². The van der Waals surface area contributed by atoms with Crippen LogP contribution in [0.5, 0.6) is 0 Å². The van der Waals surface area contributed by atoms with Crippen LogP contribution in [0.3, 0.4) is 0 Å². The summed E-state index contributed by atoms with van der Waals surface area (Å²) < 4.78 is 8.21. The Morgan fingerprint density at radius 3 is 2.45 bits per heavy atom. The fourth-order valence-electron chi connectivity index (χ4n) is 3.17. The molecular formula is C23H25N3O4S. The molecule has 0 aliphatic heterocycles. The van der Waals surface area contributed by atoms with E-state index in [1.54, 1.807) is 18.7 Å². The van der Waals surface area contributed by atoms with Crippen LogP contribution < -0.4 is 10.9 Å². The van der Waals surface area contributed by atoms with Crippen molar-refractivity contribution < 1.29 is 14.3 Å². The predicted molar refractivity (Wildman–Crippen MR) is 122 cm³/mol. The van der Waals surface area contributed by atoms with Crippen molar-refractivity contribution in [2.45, 2.75) is 25.7 Å². The molecule has 7 nitrogen and oxygen atoms in total. The number of aromatic nitrogens is 2. The first-order valence-corrected chi connectivity index (χ1v) is 10.8. The number of ether oxygens (including phenoxy) is 1. The summed E-state index contributed by atoms with van der Waals surface area (Å²) in [7, 11) is 1.74. The third-order valence-electron chi connectivity index (χ3n) is 4.86. The number of para-hydroxylation sites is 1. The van der Waals surface area contributed by atoms with Crippen LogP contribution >= 0.6 is 11.8 Å². The van der Waals surface area contributed by atoms with Crippen LogP contribution in [-0.4, -0.2) is 33.6 Å². The third-order valence-corrected chi connectivity index (χ3v) is 6.01. The first-order chi connectivity index (χ1) is 14.8.